The molecule has 0 N–H and O–H groups in total. The van der Waals surface area contributed by atoms with Crippen molar-refractivity contribution >= 4 is 16.9 Å². The highest BCUT2D eigenvalue weighted by atomic mass is 19.4. The first-order valence-corrected chi connectivity index (χ1v) is 15.4. The molecule has 0 fully saturated rings. The van der Waals surface area contributed by atoms with E-state index in [0.29, 0.717) is 27.9 Å². The summed E-state index contributed by atoms with van der Waals surface area (Å²) in [5.41, 5.74) is 2.57. The highest BCUT2D eigenvalue weighted by molar-refractivity contribution is 5.80. The van der Waals surface area contributed by atoms with Gasteiger partial charge in [-0.3, -0.25) is 9.59 Å². The van der Waals surface area contributed by atoms with Gasteiger partial charge in [-0.1, -0.05) is 48.5 Å². The van der Waals surface area contributed by atoms with Gasteiger partial charge in [0, 0.05) is 37.7 Å². The van der Waals surface area contributed by atoms with Crippen LogP contribution in [0.5, 0.6) is 0 Å². The molecule has 3 aromatic heterocycles. The average molecular weight is 672 g/mol. The van der Waals surface area contributed by atoms with Crippen LogP contribution in [0.4, 0.5) is 22.0 Å². The summed E-state index contributed by atoms with van der Waals surface area (Å²) in [6, 6.07) is 20.6. The van der Waals surface area contributed by atoms with Crippen molar-refractivity contribution in [3.63, 3.8) is 0 Å². The fourth-order valence-corrected chi connectivity index (χ4v) is 5.72. The summed E-state index contributed by atoms with van der Waals surface area (Å²) in [5.74, 6) is -2.24. The van der Waals surface area contributed by atoms with Gasteiger partial charge in [0.05, 0.1) is 29.5 Å². The number of halogens is 5. The van der Waals surface area contributed by atoms with Crippen molar-refractivity contribution in [3.8, 4) is 11.1 Å². The van der Waals surface area contributed by atoms with Gasteiger partial charge in [0.25, 0.3) is 0 Å². The quantitative estimate of drug-likeness (QED) is 0.146. The van der Waals surface area contributed by atoms with Crippen LogP contribution in [0.25, 0.3) is 22.2 Å². The fourth-order valence-electron chi connectivity index (χ4n) is 5.72. The van der Waals surface area contributed by atoms with Crippen molar-refractivity contribution in [1.82, 2.24) is 24.0 Å². The third kappa shape index (κ3) is 7.58. The van der Waals surface area contributed by atoms with Crippen molar-refractivity contribution in [2.45, 2.75) is 38.7 Å². The number of pyridine rings is 2. The van der Waals surface area contributed by atoms with Crippen LogP contribution in [0, 0.1) is 11.6 Å². The predicted molar refractivity (Wildman–Crippen MR) is 174 cm³/mol. The Morgan fingerprint density at radius 3 is 2.24 bits per heavy atom. The number of hydrogen-bond donors (Lipinski definition) is 0. The summed E-state index contributed by atoms with van der Waals surface area (Å²) >= 11 is 0. The topological polar surface area (TPSA) is 73.0 Å². The van der Waals surface area contributed by atoms with Gasteiger partial charge in [0.15, 0.2) is 17.1 Å². The molecule has 12 heteroatoms. The summed E-state index contributed by atoms with van der Waals surface area (Å²) in [6.07, 6.45) is 0.731. The van der Waals surface area contributed by atoms with Gasteiger partial charge in [-0.25, -0.2) is 18.7 Å². The average Bonchev–Trinajstić information content (AvgIpc) is 3.50. The van der Waals surface area contributed by atoms with Crippen LogP contribution in [0.15, 0.2) is 108 Å². The van der Waals surface area contributed by atoms with Crippen LogP contribution in [-0.4, -0.2) is 29.9 Å². The van der Waals surface area contributed by atoms with E-state index < -0.39 is 23.4 Å². The normalized spacial score (nSPS) is 11.6. The highest BCUT2D eigenvalue weighted by Crippen LogP contribution is 2.31. The molecule has 6 rings (SSSR count). The van der Waals surface area contributed by atoms with E-state index in [9.17, 15) is 31.5 Å². The van der Waals surface area contributed by atoms with Gasteiger partial charge in [-0.15, -0.1) is 0 Å². The molecule has 1 amide bonds. The number of benzene rings is 3. The molecule has 0 saturated heterocycles. The van der Waals surface area contributed by atoms with Crippen LogP contribution in [0.1, 0.15) is 28.1 Å². The Bertz CT molecular complexity index is 2170. The third-order valence-corrected chi connectivity index (χ3v) is 8.26. The number of fused-ring (bicyclic) bond motifs is 1. The predicted octanol–water partition coefficient (Wildman–Crippen LogP) is 7.11. The fraction of sp³-hybridized carbons (Fsp3) is 0.189. The third-order valence-electron chi connectivity index (χ3n) is 8.26. The maximum atomic E-state index is 14.5. The summed E-state index contributed by atoms with van der Waals surface area (Å²) < 4.78 is 70.9. The van der Waals surface area contributed by atoms with Gasteiger partial charge in [-0.05, 0) is 65.4 Å². The minimum Gasteiger partial charge on any atom is -0.340 e. The zero-order chi connectivity index (χ0) is 34.7. The molecular formula is C37H30F5N5O2. The molecule has 0 atom stereocenters. The van der Waals surface area contributed by atoms with Crippen LogP contribution in [0.2, 0.25) is 0 Å². The first kappa shape index (κ1) is 33.3. The second-order valence-corrected chi connectivity index (χ2v) is 11.7. The minimum absolute atomic E-state index is 0.0818. The Kier molecular flexibility index (Phi) is 9.39. The van der Waals surface area contributed by atoms with Crippen LogP contribution in [0.3, 0.4) is 0 Å². The molecule has 49 heavy (non-hydrogen) atoms. The molecule has 0 aliphatic rings. The zero-order valence-electron chi connectivity index (χ0n) is 26.3. The number of imidazole rings is 1. The molecular weight excluding hydrogens is 641 g/mol. The molecule has 7 nitrogen and oxygen atoms in total. The van der Waals surface area contributed by atoms with Gasteiger partial charge < -0.3 is 14.0 Å². The molecule has 250 valence electrons. The van der Waals surface area contributed by atoms with Crippen molar-refractivity contribution in [1.29, 1.82) is 0 Å². The number of rotatable bonds is 10. The Morgan fingerprint density at radius 2 is 1.57 bits per heavy atom. The molecule has 0 aliphatic carbocycles. The van der Waals surface area contributed by atoms with Crippen molar-refractivity contribution in [2.75, 3.05) is 0 Å². The van der Waals surface area contributed by atoms with Crippen molar-refractivity contribution in [3.05, 3.63) is 154 Å². The molecule has 0 radical (unpaired) electrons. The van der Waals surface area contributed by atoms with E-state index in [1.807, 2.05) is 7.05 Å². The second kappa shape index (κ2) is 13.8. The van der Waals surface area contributed by atoms with E-state index >= 15 is 0 Å². The Hall–Kier alpha value is -5.65. The molecule has 3 heterocycles. The monoisotopic (exact) mass is 671 g/mol. The largest absolute Gasteiger partial charge is 0.416 e. The Balaban J connectivity index is 1.29. The number of amides is 1. The van der Waals surface area contributed by atoms with Gasteiger partial charge in [-0.2, -0.15) is 13.2 Å². The summed E-state index contributed by atoms with van der Waals surface area (Å²) in [5, 5.41) is 0.311. The Morgan fingerprint density at radius 1 is 0.857 bits per heavy atom. The summed E-state index contributed by atoms with van der Waals surface area (Å²) in [4.78, 5) is 37.6. The number of hydrogen-bond acceptors (Lipinski definition) is 4. The molecule has 0 unspecified atom stereocenters. The van der Waals surface area contributed by atoms with E-state index in [1.165, 1.54) is 36.5 Å². The lowest BCUT2D eigenvalue weighted by Crippen LogP contribution is -2.34. The SMILES string of the molecule is Cn1cnc(CN(Cc2ccc(-c3ccc(C(F)(F)F)cc3)cc2)C(=O)Cn2c(CCc3cccc(F)c3F)cc(=O)c3cccnc32)c1. The number of nitrogens with zero attached hydrogens (tertiary/aromatic N) is 5. The van der Waals surface area contributed by atoms with E-state index in [2.05, 4.69) is 9.97 Å². The standard InChI is InChI=1S/C37H30F5N5O2/c1-45-20-29(44-23-45)21-46(19-24-7-9-25(10-8-24)26-11-14-28(15-12-26)37(40,41)42)34(49)22-47-30(16-13-27-4-2-6-32(38)35(27)39)18-33(48)31-5-3-17-43-36(31)47/h2-12,14-15,17-18,20,23H,13,16,19,21-22H2,1H3. The number of aryl methyl sites for hydroxylation is 3. The van der Waals surface area contributed by atoms with Crippen LogP contribution < -0.4 is 5.43 Å². The van der Waals surface area contributed by atoms with E-state index in [4.69, 9.17) is 0 Å². The highest BCUT2D eigenvalue weighted by Gasteiger charge is 2.30. The molecule has 0 saturated carbocycles. The first-order valence-electron chi connectivity index (χ1n) is 15.4. The van der Waals surface area contributed by atoms with E-state index in [0.717, 1.165) is 23.8 Å². The lowest BCUT2D eigenvalue weighted by molar-refractivity contribution is -0.137. The molecule has 0 spiro atoms. The van der Waals surface area contributed by atoms with Crippen LogP contribution >= 0.6 is 0 Å². The zero-order valence-corrected chi connectivity index (χ0v) is 26.3. The van der Waals surface area contributed by atoms with Gasteiger partial charge >= 0.3 is 6.18 Å². The van der Waals surface area contributed by atoms with E-state index in [1.54, 1.807) is 63.0 Å². The first-order chi connectivity index (χ1) is 23.5. The lowest BCUT2D eigenvalue weighted by atomic mass is 10.0. The van der Waals surface area contributed by atoms with Crippen LogP contribution in [-0.2, 0) is 50.5 Å². The number of aromatic nitrogens is 4. The summed E-state index contributed by atoms with van der Waals surface area (Å²) in [6.45, 7) is 0.138. The maximum absolute atomic E-state index is 14.5. The van der Waals surface area contributed by atoms with Crippen molar-refractivity contribution in [2.24, 2.45) is 7.05 Å². The number of carbonyl (C=O) groups excluding carboxylic acids is 1. The smallest absolute Gasteiger partial charge is 0.340 e. The van der Waals surface area contributed by atoms with Gasteiger partial charge in [0.1, 0.15) is 12.2 Å². The second-order valence-electron chi connectivity index (χ2n) is 11.7. The Labute approximate surface area is 277 Å². The summed E-state index contributed by atoms with van der Waals surface area (Å²) in [7, 11) is 1.81. The van der Waals surface area contributed by atoms with E-state index in [-0.39, 0.29) is 55.0 Å². The number of carbonyl (C=O) groups is 1. The molecule has 6 aromatic rings. The lowest BCUT2D eigenvalue weighted by Gasteiger charge is -2.24. The number of alkyl halides is 3. The van der Waals surface area contributed by atoms with Gasteiger partial charge in [0.2, 0.25) is 5.91 Å². The van der Waals surface area contributed by atoms with Crippen molar-refractivity contribution < 1.29 is 26.7 Å². The molecule has 0 bridgehead atoms. The molecule has 3 aromatic carbocycles. The molecule has 0 aliphatic heterocycles. The minimum atomic E-state index is -4.43. The maximum Gasteiger partial charge on any atom is 0.416 e.